The second-order valence-electron chi connectivity index (χ2n) is 6.75. The molecule has 3 aromatic carbocycles. The quantitative estimate of drug-likeness (QED) is 0.394. The fraction of sp³-hybridized carbons (Fsp3) is 0.0455. The molecule has 0 aliphatic heterocycles. The van der Waals surface area contributed by atoms with E-state index in [1.807, 2.05) is 18.2 Å². The van der Waals surface area contributed by atoms with Crippen LogP contribution < -0.4 is 5.73 Å². The average molecular weight is 441 g/mol. The van der Waals surface area contributed by atoms with Crippen LogP contribution in [0.5, 0.6) is 0 Å². The Morgan fingerprint density at radius 1 is 1.00 bits per heavy atom. The molecule has 30 heavy (non-hydrogen) atoms. The molecule has 4 aromatic rings. The molecule has 6 nitrogen and oxygen atoms in total. The number of nitrogens with one attached hydrogen (secondary N) is 1. The van der Waals surface area contributed by atoms with Crippen LogP contribution in [-0.4, -0.2) is 24.5 Å². The van der Waals surface area contributed by atoms with E-state index in [2.05, 4.69) is 4.98 Å². The van der Waals surface area contributed by atoms with Gasteiger partial charge in [-0.1, -0.05) is 48.0 Å². The molecule has 0 atom stereocenters. The number of sulfone groups is 1. The number of benzene rings is 3. The lowest BCUT2D eigenvalue weighted by molar-refractivity contribution is -0.136. The van der Waals surface area contributed by atoms with Crippen LogP contribution in [0.1, 0.15) is 5.56 Å². The number of hydrogen-bond acceptors (Lipinski definition) is 4. The van der Waals surface area contributed by atoms with Crippen molar-refractivity contribution < 1.29 is 18.3 Å². The highest BCUT2D eigenvalue weighted by atomic mass is 35.5. The van der Waals surface area contributed by atoms with Gasteiger partial charge in [-0.3, -0.25) is 4.79 Å². The lowest BCUT2D eigenvalue weighted by Crippen LogP contribution is -2.08. The number of hydrogen-bond donors (Lipinski definition) is 3. The fourth-order valence-corrected chi connectivity index (χ4v) is 5.49. The van der Waals surface area contributed by atoms with E-state index in [9.17, 15) is 18.3 Å². The molecule has 0 radical (unpaired) electrons. The number of halogens is 1. The first-order valence-electron chi connectivity index (χ1n) is 9.00. The van der Waals surface area contributed by atoms with Crippen molar-refractivity contribution in [2.75, 3.05) is 5.73 Å². The molecular weight excluding hydrogens is 424 g/mol. The van der Waals surface area contributed by atoms with E-state index in [1.54, 1.807) is 30.3 Å². The van der Waals surface area contributed by atoms with Crippen molar-refractivity contribution in [2.24, 2.45) is 0 Å². The van der Waals surface area contributed by atoms with Crippen LogP contribution in [0.4, 0.5) is 5.69 Å². The summed E-state index contributed by atoms with van der Waals surface area (Å²) in [7, 11) is -3.98. The summed E-state index contributed by atoms with van der Waals surface area (Å²) in [6.07, 6.45) is -0.248. The van der Waals surface area contributed by atoms with Gasteiger partial charge in [0.25, 0.3) is 0 Å². The first kappa shape index (κ1) is 20.0. The number of carbonyl (C=O) groups is 1. The van der Waals surface area contributed by atoms with Crippen LogP contribution in [0.3, 0.4) is 0 Å². The van der Waals surface area contributed by atoms with Gasteiger partial charge >= 0.3 is 5.97 Å². The largest absolute Gasteiger partial charge is 0.481 e. The van der Waals surface area contributed by atoms with Gasteiger partial charge in [0.2, 0.25) is 9.84 Å². The average Bonchev–Trinajstić information content (AvgIpc) is 3.06. The molecule has 0 saturated carbocycles. The summed E-state index contributed by atoms with van der Waals surface area (Å²) in [5.74, 6) is -1.01. The predicted octanol–water partition coefficient (Wildman–Crippen LogP) is 4.53. The zero-order valence-corrected chi connectivity index (χ0v) is 17.2. The van der Waals surface area contributed by atoms with Gasteiger partial charge in [0.1, 0.15) is 4.90 Å². The van der Waals surface area contributed by atoms with Crippen LogP contribution in [0.15, 0.2) is 76.5 Å². The second kappa shape index (κ2) is 7.51. The molecule has 0 unspecified atom stereocenters. The van der Waals surface area contributed by atoms with Crippen LogP contribution in [0.2, 0.25) is 5.02 Å². The molecule has 0 saturated heterocycles. The topological polar surface area (TPSA) is 113 Å². The predicted molar refractivity (Wildman–Crippen MR) is 116 cm³/mol. The molecule has 0 bridgehead atoms. The second-order valence-corrected chi connectivity index (χ2v) is 9.04. The maximum Gasteiger partial charge on any atom is 0.307 e. The maximum atomic E-state index is 13.2. The Morgan fingerprint density at radius 2 is 1.67 bits per heavy atom. The SMILES string of the molecule is Nc1c(-c2[nH]c3ccccc3c2CC(=O)O)ccc(Cl)c1S(=O)(=O)c1ccccc1. The Balaban J connectivity index is 1.99. The molecule has 4 rings (SSSR count). The minimum absolute atomic E-state index is 0.00370. The minimum atomic E-state index is -3.98. The summed E-state index contributed by atoms with van der Waals surface area (Å²) >= 11 is 6.26. The highest BCUT2D eigenvalue weighted by Crippen LogP contribution is 2.41. The van der Waals surface area contributed by atoms with Gasteiger partial charge in [0, 0.05) is 16.5 Å². The zero-order valence-electron chi connectivity index (χ0n) is 15.6. The van der Waals surface area contributed by atoms with E-state index in [4.69, 9.17) is 17.3 Å². The summed E-state index contributed by atoms with van der Waals surface area (Å²) in [6, 6.07) is 18.2. The molecule has 1 aromatic heterocycles. The van der Waals surface area contributed by atoms with Gasteiger partial charge in [0.05, 0.1) is 27.7 Å². The van der Waals surface area contributed by atoms with E-state index in [-0.39, 0.29) is 26.9 Å². The summed E-state index contributed by atoms with van der Waals surface area (Å²) < 4.78 is 26.5. The van der Waals surface area contributed by atoms with E-state index >= 15 is 0 Å². The van der Waals surface area contributed by atoms with Gasteiger partial charge in [-0.25, -0.2) is 8.42 Å². The number of fused-ring (bicyclic) bond motifs is 1. The molecule has 8 heteroatoms. The van der Waals surface area contributed by atoms with Crippen LogP contribution in [0.25, 0.3) is 22.2 Å². The van der Waals surface area contributed by atoms with Crippen LogP contribution in [-0.2, 0) is 21.1 Å². The highest BCUT2D eigenvalue weighted by Gasteiger charge is 2.27. The molecule has 152 valence electrons. The Bertz CT molecular complexity index is 1380. The van der Waals surface area contributed by atoms with Crippen LogP contribution >= 0.6 is 11.6 Å². The Morgan fingerprint density at radius 3 is 2.37 bits per heavy atom. The molecule has 4 N–H and O–H groups in total. The lowest BCUT2D eigenvalue weighted by atomic mass is 10.0. The summed E-state index contributed by atoms with van der Waals surface area (Å²) in [6.45, 7) is 0. The van der Waals surface area contributed by atoms with Crippen LogP contribution in [0, 0.1) is 0 Å². The van der Waals surface area contributed by atoms with Gasteiger partial charge in [-0.2, -0.15) is 0 Å². The smallest absolute Gasteiger partial charge is 0.307 e. The molecule has 0 amide bonds. The zero-order chi connectivity index (χ0) is 21.5. The normalized spacial score (nSPS) is 11.6. The molecule has 0 fully saturated rings. The lowest BCUT2D eigenvalue weighted by Gasteiger charge is -2.14. The van der Waals surface area contributed by atoms with E-state index in [1.165, 1.54) is 18.2 Å². The Labute approximate surface area is 177 Å². The summed E-state index contributed by atoms with van der Waals surface area (Å²) in [4.78, 5) is 14.5. The van der Waals surface area contributed by atoms with Crippen molar-refractivity contribution in [2.45, 2.75) is 16.2 Å². The molecule has 0 aliphatic rings. The van der Waals surface area contributed by atoms with Gasteiger partial charge in [0.15, 0.2) is 0 Å². The van der Waals surface area contributed by atoms with Gasteiger partial charge in [-0.05, 0) is 35.9 Å². The maximum absolute atomic E-state index is 13.2. The number of carboxylic acid groups (broad SMARTS) is 1. The van der Waals surface area contributed by atoms with Gasteiger partial charge in [-0.15, -0.1) is 0 Å². The Kier molecular flexibility index (Phi) is 5.01. The number of carboxylic acids is 1. The van der Waals surface area contributed by atoms with Crippen molar-refractivity contribution >= 4 is 44.0 Å². The van der Waals surface area contributed by atoms with Crippen molar-refractivity contribution in [1.82, 2.24) is 4.98 Å². The summed E-state index contributed by atoms with van der Waals surface area (Å²) in [5.41, 5.74) is 8.38. The van der Waals surface area contributed by atoms with Crippen molar-refractivity contribution in [3.8, 4) is 11.3 Å². The van der Waals surface area contributed by atoms with E-state index in [0.29, 0.717) is 16.8 Å². The number of aliphatic carboxylic acids is 1. The molecule has 1 heterocycles. The highest BCUT2D eigenvalue weighted by molar-refractivity contribution is 7.91. The van der Waals surface area contributed by atoms with Crippen molar-refractivity contribution in [3.05, 3.63) is 77.3 Å². The number of para-hydroxylation sites is 1. The monoisotopic (exact) mass is 440 g/mol. The number of nitrogen functional groups attached to an aromatic ring is 1. The minimum Gasteiger partial charge on any atom is -0.481 e. The number of rotatable bonds is 5. The van der Waals surface area contributed by atoms with E-state index in [0.717, 1.165) is 10.9 Å². The van der Waals surface area contributed by atoms with Gasteiger partial charge < -0.3 is 15.8 Å². The third-order valence-electron chi connectivity index (χ3n) is 4.88. The van der Waals surface area contributed by atoms with E-state index < -0.39 is 15.8 Å². The first-order chi connectivity index (χ1) is 14.3. The first-order valence-corrected chi connectivity index (χ1v) is 10.9. The Hall–Kier alpha value is -3.29. The third-order valence-corrected chi connectivity index (χ3v) is 7.18. The number of H-pyrrole nitrogens is 1. The molecular formula is C22H17ClN2O4S. The van der Waals surface area contributed by atoms with Crippen molar-refractivity contribution in [3.63, 3.8) is 0 Å². The molecule has 0 aliphatic carbocycles. The number of nitrogens with two attached hydrogens (primary N) is 1. The number of aromatic amines is 1. The van der Waals surface area contributed by atoms with Crippen molar-refractivity contribution in [1.29, 1.82) is 0 Å². The number of anilines is 1. The molecule has 0 spiro atoms. The fourth-order valence-electron chi connectivity index (χ4n) is 3.55. The summed E-state index contributed by atoms with van der Waals surface area (Å²) in [5, 5.41) is 10.1. The number of aromatic nitrogens is 1. The standard InChI is InChI=1S/C22H17ClN2O4S/c23-17-11-10-15(20(24)22(17)30(28,29)13-6-2-1-3-7-13)21-16(12-19(26)27)14-8-4-5-9-18(14)25-21/h1-11,25H,12,24H2,(H,26,27). The third kappa shape index (κ3) is 3.32.